The van der Waals surface area contributed by atoms with Crippen LogP contribution in [-0.2, 0) is 14.8 Å². The van der Waals surface area contributed by atoms with Gasteiger partial charge in [0.1, 0.15) is 11.9 Å². The zero-order chi connectivity index (χ0) is 17.0. The molecule has 0 saturated heterocycles. The van der Waals surface area contributed by atoms with Gasteiger partial charge in [0.15, 0.2) is 0 Å². The summed E-state index contributed by atoms with van der Waals surface area (Å²) in [6, 6.07) is 2.41. The van der Waals surface area contributed by atoms with Crippen molar-refractivity contribution in [2.24, 2.45) is 0 Å². The predicted octanol–water partition coefficient (Wildman–Crippen LogP) is 2.16. The summed E-state index contributed by atoms with van der Waals surface area (Å²) in [5.41, 5.74) is 0. The van der Waals surface area contributed by atoms with E-state index in [1.807, 2.05) is 6.26 Å². The first-order valence-corrected chi connectivity index (χ1v) is 10.4. The van der Waals surface area contributed by atoms with Gasteiger partial charge in [-0.05, 0) is 49.5 Å². The second kappa shape index (κ2) is 7.83. The monoisotopic (exact) mass is 380 g/mol. The number of sulfonamides is 1. The van der Waals surface area contributed by atoms with Crippen LogP contribution < -0.4 is 10.0 Å². The Bertz CT molecular complexity index is 681. The molecule has 1 aliphatic rings. The van der Waals surface area contributed by atoms with Gasteiger partial charge in [0, 0.05) is 6.04 Å². The number of thioether (sulfide) groups is 1. The number of hydrogen-bond donors (Lipinski definition) is 2. The van der Waals surface area contributed by atoms with Gasteiger partial charge in [0.2, 0.25) is 15.9 Å². The summed E-state index contributed by atoms with van der Waals surface area (Å²) < 4.78 is 40.4. The van der Waals surface area contributed by atoms with Crippen molar-refractivity contribution in [1.82, 2.24) is 10.0 Å². The molecule has 1 unspecified atom stereocenters. The molecule has 1 aromatic carbocycles. The zero-order valence-electron chi connectivity index (χ0n) is 12.5. The van der Waals surface area contributed by atoms with Crippen LogP contribution in [0.2, 0.25) is 5.02 Å². The Kier molecular flexibility index (Phi) is 6.30. The van der Waals surface area contributed by atoms with E-state index in [9.17, 15) is 17.6 Å². The summed E-state index contributed by atoms with van der Waals surface area (Å²) in [7, 11) is -3.96. The number of carbonyl (C=O) groups is 1. The molecule has 23 heavy (non-hydrogen) atoms. The maximum atomic E-state index is 13.2. The van der Waals surface area contributed by atoms with Crippen molar-refractivity contribution in [3.63, 3.8) is 0 Å². The number of amides is 1. The molecule has 0 heterocycles. The van der Waals surface area contributed by atoms with Crippen LogP contribution in [0.3, 0.4) is 0 Å². The smallest absolute Gasteiger partial charge is 0.241 e. The van der Waals surface area contributed by atoms with Crippen molar-refractivity contribution < 1.29 is 17.6 Å². The Morgan fingerprint density at radius 1 is 1.48 bits per heavy atom. The zero-order valence-corrected chi connectivity index (χ0v) is 14.9. The van der Waals surface area contributed by atoms with Crippen LogP contribution in [0.15, 0.2) is 23.1 Å². The van der Waals surface area contributed by atoms with Gasteiger partial charge in [-0.15, -0.1) is 0 Å². The highest BCUT2D eigenvalue weighted by molar-refractivity contribution is 7.98. The van der Waals surface area contributed by atoms with Gasteiger partial charge >= 0.3 is 0 Å². The molecule has 0 radical (unpaired) electrons. The third kappa shape index (κ3) is 5.34. The molecule has 0 bridgehead atoms. The maximum Gasteiger partial charge on any atom is 0.241 e. The van der Waals surface area contributed by atoms with E-state index in [1.54, 1.807) is 0 Å². The second-order valence-electron chi connectivity index (χ2n) is 5.31. The van der Waals surface area contributed by atoms with Crippen molar-refractivity contribution in [2.45, 2.75) is 36.2 Å². The summed E-state index contributed by atoms with van der Waals surface area (Å²) in [6.07, 6.45) is 4.08. The Morgan fingerprint density at radius 3 is 2.74 bits per heavy atom. The van der Waals surface area contributed by atoms with E-state index in [4.69, 9.17) is 11.6 Å². The summed E-state index contributed by atoms with van der Waals surface area (Å²) in [4.78, 5) is 12.0. The number of hydrogen-bond acceptors (Lipinski definition) is 4. The number of halogens is 2. The number of carbonyl (C=O) groups excluding carboxylic acids is 1. The van der Waals surface area contributed by atoms with Crippen molar-refractivity contribution in [2.75, 3.05) is 12.0 Å². The first-order valence-electron chi connectivity index (χ1n) is 7.10. The standard InChI is InChI=1S/C14H18ClFN2O3S2/c1-22-7-6-13(14(19)17-9-2-3-9)18-23(20,21)10-4-5-12(16)11(15)8-10/h4-5,8-9,13,18H,2-3,6-7H2,1H3,(H,17,19). The first kappa shape index (κ1) is 18.5. The quantitative estimate of drug-likeness (QED) is 0.724. The largest absolute Gasteiger partial charge is 0.352 e. The molecular weight excluding hydrogens is 363 g/mol. The Hall–Kier alpha value is -0.830. The van der Waals surface area contributed by atoms with Crippen LogP contribution in [0, 0.1) is 5.82 Å². The normalized spacial score (nSPS) is 16.1. The lowest BCUT2D eigenvalue weighted by atomic mass is 10.2. The predicted molar refractivity (Wildman–Crippen MR) is 89.7 cm³/mol. The van der Waals surface area contributed by atoms with Gasteiger partial charge in [-0.25, -0.2) is 12.8 Å². The molecule has 0 aliphatic heterocycles. The van der Waals surface area contributed by atoms with Crippen molar-refractivity contribution in [1.29, 1.82) is 0 Å². The van der Waals surface area contributed by atoms with Gasteiger partial charge in [-0.2, -0.15) is 16.5 Å². The fraction of sp³-hybridized carbons (Fsp3) is 0.500. The van der Waals surface area contributed by atoms with Crippen LogP contribution in [0.4, 0.5) is 4.39 Å². The van der Waals surface area contributed by atoms with E-state index in [-0.39, 0.29) is 21.9 Å². The van der Waals surface area contributed by atoms with Gasteiger partial charge in [0.05, 0.1) is 9.92 Å². The lowest BCUT2D eigenvalue weighted by Crippen LogP contribution is -2.47. The third-order valence-corrected chi connectivity index (χ3v) is 5.75. The highest BCUT2D eigenvalue weighted by Gasteiger charge is 2.30. The van der Waals surface area contributed by atoms with Gasteiger partial charge in [-0.1, -0.05) is 11.6 Å². The molecular formula is C14H18ClFN2O3S2. The maximum absolute atomic E-state index is 13.2. The lowest BCUT2D eigenvalue weighted by Gasteiger charge is -2.18. The second-order valence-corrected chi connectivity index (χ2v) is 8.42. The SMILES string of the molecule is CSCCC(NS(=O)(=O)c1ccc(F)c(Cl)c1)C(=O)NC1CC1. The van der Waals surface area contributed by atoms with E-state index in [2.05, 4.69) is 10.0 Å². The van der Waals surface area contributed by atoms with Crippen LogP contribution in [0.5, 0.6) is 0 Å². The molecule has 0 spiro atoms. The highest BCUT2D eigenvalue weighted by atomic mass is 35.5. The molecule has 1 saturated carbocycles. The highest BCUT2D eigenvalue weighted by Crippen LogP contribution is 2.21. The van der Waals surface area contributed by atoms with E-state index in [0.29, 0.717) is 12.2 Å². The number of benzene rings is 1. The molecule has 1 fully saturated rings. The molecule has 9 heteroatoms. The molecule has 1 amide bonds. The molecule has 2 rings (SSSR count). The Labute approximate surface area is 144 Å². The van der Waals surface area contributed by atoms with Gasteiger partial charge in [-0.3, -0.25) is 4.79 Å². The van der Waals surface area contributed by atoms with E-state index in [0.717, 1.165) is 31.0 Å². The molecule has 128 valence electrons. The van der Waals surface area contributed by atoms with E-state index >= 15 is 0 Å². The Balaban J connectivity index is 2.14. The van der Waals surface area contributed by atoms with Crippen LogP contribution in [0.1, 0.15) is 19.3 Å². The topological polar surface area (TPSA) is 75.3 Å². The van der Waals surface area contributed by atoms with E-state index in [1.165, 1.54) is 11.8 Å². The average Bonchev–Trinajstić information content (AvgIpc) is 3.30. The van der Waals surface area contributed by atoms with Crippen molar-refractivity contribution in [3.05, 3.63) is 29.0 Å². The van der Waals surface area contributed by atoms with E-state index < -0.39 is 21.9 Å². The third-order valence-electron chi connectivity index (χ3n) is 3.35. The number of nitrogens with one attached hydrogen (secondary N) is 2. The minimum absolute atomic E-state index is 0.143. The fourth-order valence-electron chi connectivity index (χ4n) is 1.91. The van der Waals surface area contributed by atoms with Crippen molar-refractivity contribution >= 4 is 39.3 Å². The summed E-state index contributed by atoms with van der Waals surface area (Å²) in [6.45, 7) is 0. The van der Waals surface area contributed by atoms with Crippen LogP contribution >= 0.6 is 23.4 Å². The Morgan fingerprint density at radius 2 is 2.17 bits per heavy atom. The summed E-state index contributed by atoms with van der Waals surface area (Å²) in [5, 5.41) is 2.51. The molecule has 5 nitrogen and oxygen atoms in total. The fourth-order valence-corrected chi connectivity index (χ4v) is 3.88. The number of rotatable bonds is 8. The minimum atomic E-state index is -3.96. The van der Waals surface area contributed by atoms with Crippen LogP contribution in [0.25, 0.3) is 0 Å². The molecule has 1 atom stereocenters. The summed E-state index contributed by atoms with van der Waals surface area (Å²) in [5.74, 6) is -0.399. The lowest BCUT2D eigenvalue weighted by molar-refractivity contribution is -0.122. The molecule has 0 aromatic heterocycles. The molecule has 2 N–H and O–H groups in total. The van der Waals surface area contributed by atoms with Gasteiger partial charge < -0.3 is 5.32 Å². The summed E-state index contributed by atoms with van der Waals surface area (Å²) >= 11 is 7.15. The molecule has 1 aromatic rings. The average molecular weight is 381 g/mol. The van der Waals surface area contributed by atoms with Gasteiger partial charge in [0.25, 0.3) is 0 Å². The molecule has 1 aliphatic carbocycles. The van der Waals surface area contributed by atoms with Crippen LogP contribution in [-0.4, -0.2) is 38.4 Å². The first-order chi connectivity index (χ1) is 10.8. The minimum Gasteiger partial charge on any atom is -0.352 e. The van der Waals surface area contributed by atoms with Crippen molar-refractivity contribution in [3.8, 4) is 0 Å².